The quantitative estimate of drug-likeness (QED) is 0.603. The minimum Gasteiger partial charge on any atom is -0.483 e. The lowest BCUT2D eigenvalue weighted by Crippen LogP contribution is -2.44. The first kappa shape index (κ1) is 20.7. The molecule has 160 valence electrons. The first-order valence-electron chi connectivity index (χ1n) is 10.5. The Morgan fingerprint density at radius 2 is 1.84 bits per heavy atom. The molecular weight excluding hydrogens is 392 g/mol. The molecule has 7 nitrogen and oxygen atoms in total. The van der Waals surface area contributed by atoms with Crippen molar-refractivity contribution in [1.82, 2.24) is 20.6 Å². The third-order valence-corrected chi connectivity index (χ3v) is 5.52. The van der Waals surface area contributed by atoms with Gasteiger partial charge in [-0.15, -0.1) is 0 Å². The monoisotopic (exact) mass is 418 g/mol. The van der Waals surface area contributed by atoms with Crippen molar-refractivity contribution >= 4 is 11.8 Å². The lowest BCUT2D eigenvalue weighted by atomic mass is 10.1. The Hall–Kier alpha value is -3.61. The Morgan fingerprint density at radius 1 is 1.06 bits per heavy atom. The van der Waals surface area contributed by atoms with E-state index in [4.69, 9.17) is 4.74 Å². The maximum atomic E-state index is 12.8. The number of carbonyl (C=O) groups is 2. The van der Waals surface area contributed by atoms with E-state index >= 15 is 0 Å². The molecule has 2 N–H and O–H groups in total. The summed E-state index contributed by atoms with van der Waals surface area (Å²) >= 11 is 0. The molecule has 0 unspecified atom stereocenters. The van der Waals surface area contributed by atoms with Crippen LogP contribution in [0.3, 0.4) is 0 Å². The summed E-state index contributed by atoms with van der Waals surface area (Å²) in [6.07, 6.45) is 3.47. The summed E-state index contributed by atoms with van der Waals surface area (Å²) in [6.45, 7) is 3.86. The van der Waals surface area contributed by atoms with Crippen LogP contribution in [0.1, 0.15) is 46.2 Å². The molecule has 1 aliphatic carbocycles. The Labute approximate surface area is 181 Å². The van der Waals surface area contributed by atoms with Crippen molar-refractivity contribution in [3.8, 4) is 11.4 Å². The number of aromatic nitrogens is 2. The molecule has 1 heterocycles. The topological polar surface area (TPSA) is 85.2 Å². The summed E-state index contributed by atoms with van der Waals surface area (Å²) in [6, 6.07) is 15.5. The number of benzene rings is 2. The van der Waals surface area contributed by atoms with Crippen molar-refractivity contribution in [3.05, 3.63) is 76.6 Å². The molecule has 0 aliphatic heterocycles. The van der Waals surface area contributed by atoms with E-state index in [-0.39, 0.29) is 6.61 Å². The second-order valence-corrected chi connectivity index (χ2v) is 7.58. The van der Waals surface area contributed by atoms with Gasteiger partial charge in [-0.05, 0) is 55.9 Å². The minimum atomic E-state index is -0.436. The minimum absolute atomic E-state index is 0.187. The van der Waals surface area contributed by atoms with Gasteiger partial charge in [0.1, 0.15) is 5.75 Å². The number of para-hydroxylation sites is 2. The number of nitrogens with one attached hydrogen (secondary N) is 2. The predicted octanol–water partition coefficient (Wildman–Crippen LogP) is 3.07. The van der Waals surface area contributed by atoms with Gasteiger partial charge in [0.2, 0.25) is 0 Å². The third kappa shape index (κ3) is 4.30. The zero-order valence-corrected chi connectivity index (χ0v) is 17.8. The Morgan fingerprint density at radius 3 is 2.65 bits per heavy atom. The largest absolute Gasteiger partial charge is 0.483 e. The van der Waals surface area contributed by atoms with E-state index in [1.165, 1.54) is 0 Å². The summed E-state index contributed by atoms with van der Waals surface area (Å²) in [5.41, 5.74) is 10.3. The van der Waals surface area contributed by atoms with Crippen molar-refractivity contribution in [1.29, 1.82) is 0 Å². The molecule has 1 aromatic heterocycles. The summed E-state index contributed by atoms with van der Waals surface area (Å²) in [4.78, 5) is 25.0. The van der Waals surface area contributed by atoms with E-state index in [9.17, 15) is 9.59 Å². The Bertz CT molecular complexity index is 1120. The van der Waals surface area contributed by atoms with Crippen LogP contribution in [-0.2, 0) is 24.1 Å². The molecular formula is C24H26N4O3. The maximum absolute atomic E-state index is 12.8. The highest BCUT2D eigenvalue weighted by molar-refractivity contribution is 5.95. The van der Waals surface area contributed by atoms with Crippen LogP contribution in [0.5, 0.6) is 5.75 Å². The lowest BCUT2D eigenvalue weighted by Gasteiger charge is -2.11. The standard InChI is InChI=1S/C24H26N4O3/c1-3-17-10-5-7-14-21(17)31-15-22(29)25-26-24(30)23-18-11-8-13-20(18)28(27-23)19-12-6-4-9-16(19)2/h4-7,9-10,12,14H,3,8,11,13,15H2,1-2H3,(H,25,29)(H,26,30). The molecule has 0 atom stereocenters. The molecule has 0 radical (unpaired) electrons. The average molecular weight is 418 g/mol. The number of nitrogens with zero attached hydrogens (tertiary/aromatic N) is 2. The number of hydrazine groups is 1. The Kier molecular flexibility index (Phi) is 6.02. The summed E-state index contributed by atoms with van der Waals surface area (Å²) in [5.74, 6) is -0.191. The molecule has 0 fully saturated rings. The van der Waals surface area contributed by atoms with Crippen LogP contribution in [0.15, 0.2) is 48.5 Å². The zero-order valence-electron chi connectivity index (χ0n) is 17.8. The molecule has 31 heavy (non-hydrogen) atoms. The molecule has 7 heteroatoms. The maximum Gasteiger partial charge on any atom is 0.290 e. The van der Waals surface area contributed by atoms with Crippen LogP contribution < -0.4 is 15.6 Å². The van der Waals surface area contributed by atoms with Gasteiger partial charge in [-0.3, -0.25) is 20.4 Å². The van der Waals surface area contributed by atoms with Crippen molar-refractivity contribution in [2.45, 2.75) is 39.5 Å². The zero-order chi connectivity index (χ0) is 21.8. The predicted molar refractivity (Wildman–Crippen MR) is 117 cm³/mol. The van der Waals surface area contributed by atoms with Crippen LogP contribution in [0.25, 0.3) is 5.69 Å². The van der Waals surface area contributed by atoms with E-state index in [1.54, 1.807) is 0 Å². The fraction of sp³-hybridized carbons (Fsp3) is 0.292. The van der Waals surface area contributed by atoms with E-state index in [0.717, 1.165) is 53.8 Å². The lowest BCUT2D eigenvalue weighted by molar-refractivity contribution is -0.123. The van der Waals surface area contributed by atoms with Gasteiger partial charge in [-0.25, -0.2) is 4.68 Å². The van der Waals surface area contributed by atoms with Crippen molar-refractivity contribution in [2.75, 3.05) is 6.61 Å². The van der Waals surface area contributed by atoms with Crippen molar-refractivity contribution < 1.29 is 14.3 Å². The highest BCUT2D eigenvalue weighted by Gasteiger charge is 2.27. The number of rotatable bonds is 6. The van der Waals surface area contributed by atoms with Gasteiger partial charge in [0, 0.05) is 11.3 Å². The highest BCUT2D eigenvalue weighted by atomic mass is 16.5. The summed E-state index contributed by atoms with van der Waals surface area (Å²) in [5, 5.41) is 4.58. The fourth-order valence-corrected chi connectivity index (χ4v) is 3.92. The number of carbonyl (C=O) groups excluding carboxylic acids is 2. The van der Waals surface area contributed by atoms with Crippen LogP contribution in [-0.4, -0.2) is 28.2 Å². The second-order valence-electron chi connectivity index (χ2n) is 7.58. The number of hydrogen-bond donors (Lipinski definition) is 2. The first-order valence-corrected chi connectivity index (χ1v) is 10.5. The number of ether oxygens (including phenoxy) is 1. The average Bonchev–Trinajstić information content (AvgIpc) is 3.40. The molecule has 0 saturated heterocycles. The van der Waals surface area contributed by atoms with Gasteiger partial charge in [0.15, 0.2) is 12.3 Å². The van der Waals surface area contributed by atoms with E-state index < -0.39 is 11.8 Å². The molecule has 0 spiro atoms. The first-order chi connectivity index (χ1) is 15.1. The summed E-state index contributed by atoms with van der Waals surface area (Å²) in [7, 11) is 0. The van der Waals surface area contributed by atoms with Crippen LogP contribution in [0.4, 0.5) is 0 Å². The molecule has 1 aliphatic rings. The molecule has 0 bridgehead atoms. The molecule has 4 rings (SSSR count). The van der Waals surface area contributed by atoms with Crippen molar-refractivity contribution in [2.24, 2.45) is 0 Å². The second kappa shape index (κ2) is 9.04. The number of hydrogen-bond acceptors (Lipinski definition) is 4. The number of fused-ring (bicyclic) bond motifs is 1. The van der Waals surface area contributed by atoms with Crippen LogP contribution >= 0.6 is 0 Å². The fourth-order valence-electron chi connectivity index (χ4n) is 3.92. The molecule has 2 amide bonds. The van der Waals surface area contributed by atoms with E-state index in [0.29, 0.717) is 11.4 Å². The van der Waals surface area contributed by atoms with Gasteiger partial charge >= 0.3 is 0 Å². The third-order valence-electron chi connectivity index (χ3n) is 5.52. The molecule has 2 aromatic carbocycles. The van der Waals surface area contributed by atoms with Gasteiger partial charge < -0.3 is 4.74 Å². The summed E-state index contributed by atoms with van der Waals surface area (Å²) < 4.78 is 7.45. The number of amides is 2. The van der Waals surface area contributed by atoms with E-state index in [2.05, 4.69) is 16.0 Å². The Balaban J connectivity index is 1.42. The van der Waals surface area contributed by atoms with Crippen LogP contribution in [0, 0.1) is 6.92 Å². The SMILES string of the molecule is CCc1ccccc1OCC(=O)NNC(=O)c1nn(-c2ccccc2C)c2c1CCC2. The van der Waals surface area contributed by atoms with Gasteiger partial charge in [0.05, 0.1) is 5.69 Å². The van der Waals surface area contributed by atoms with Gasteiger partial charge in [-0.1, -0.05) is 43.3 Å². The highest BCUT2D eigenvalue weighted by Crippen LogP contribution is 2.28. The van der Waals surface area contributed by atoms with Crippen molar-refractivity contribution in [3.63, 3.8) is 0 Å². The molecule has 0 saturated carbocycles. The van der Waals surface area contributed by atoms with Gasteiger partial charge in [0.25, 0.3) is 11.8 Å². The van der Waals surface area contributed by atoms with Crippen LogP contribution in [0.2, 0.25) is 0 Å². The van der Waals surface area contributed by atoms with E-state index in [1.807, 2.05) is 67.1 Å². The van der Waals surface area contributed by atoms with Gasteiger partial charge in [-0.2, -0.15) is 5.10 Å². The number of aryl methyl sites for hydroxylation is 2. The normalized spacial score (nSPS) is 12.3. The molecule has 3 aromatic rings. The smallest absolute Gasteiger partial charge is 0.290 e.